The van der Waals surface area contributed by atoms with Crippen LogP contribution in [-0.2, 0) is 20.2 Å². The van der Waals surface area contributed by atoms with Crippen molar-refractivity contribution in [3.05, 3.63) is 58.1 Å². The maximum atomic E-state index is 12.8. The van der Waals surface area contributed by atoms with Crippen molar-refractivity contribution in [3.63, 3.8) is 0 Å². The minimum absolute atomic E-state index is 0.377. The first-order chi connectivity index (χ1) is 12.3. The Morgan fingerprint density at radius 3 is 1.59 bits per heavy atom. The number of benzene rings is 2. The van der Waals surface area contributed by atoms with Crippen molar-refractivity contribution in [3.8, 4) is 0 Å². The van der Waals surface area contributed by atoms with Gasteiger partial charge in [-0.05, 0) is 30.3 Å². The second-order valence-corrected chi connectivity index (χ2v) is 8.27. The van der Waals surface area contributed by atoms with E-state index in [9.17, 15) is 40.3 Å². The highest BCUT2D eigenvalue weighted by Crippen LogP contribution is 2.35. The molecule has 2 aromatic carbocycles. The summed E-state index contributed by atoms with van der Waals surface area (Å²) in [6.07, 6.45) is 0. The lowest BCUT2D eigenvalue weighted by Crippen LogP contribution is -2.26. The molecule has 0 radical (unpaired) electrons. The molecule has 0 saturated heterocycles. The predicted molar refractivity (Wildman–Crippen MR) is 86.3 cm³/mol. The number of carbonyl (C=O) groups is 3. The van der Waals surface area contributed by atoms with Gasteiger partial charge >= 0.3 is 5.97 Å². The van der Waals surface area contributed by atoms with Crippen LogP contribution in [0.1, 0.15) is 42.2 Å². The SMILES string of the molecule is O=C(O)c1ccc2c(c1)C(=O)c1c(S(=O)(=O)O)ccc(S(=O)(=O)O)c1C2=O. The zero-order valence-corrected chi connectivity index (χ0v) is 14.5. The van der Waals surface area contributed by atoms with Crippen LogP contribution in [-0.4, -0.2) is 48.6 Å². The van der Waals surface area contributed by atoms with E-state index in [0.717, 1.165) is 18.2 Å². The van der Waals surface area contributed by atoms with Gasteiger partial charge in [-0.15, -0.1) is 0 Å². The Morgan fingerprint density at radius 2 is 1.19 bits per heavy atom. The van der Waals surface area contributed by atoms with Crippen LogP contribution in [0.3, 0.4) is 0 Å². The maximum absolute atomic E-state index is 12.8. The van der Waals surface area contributed by atoms with Crippen LogP contribution >= 0.6 is 0 Å². The van der Waals surface area contributed by atoms with Gasteiger partial charge in [0.15, 0.2) is 11.6 Å². The number of hydrogen-bond acceptors (Lipinski definition) is 7. The van der Waals surface area contributed by atoms with Crippen LogP contribution in [0.25, 0.3) is 0 Å². The van der Waals surface area contributed by atoms with Crippen molar-refractivity contribution in [1.29, 1.82) is 0 Å². The van der Waals surface area contributed by atoms with Crippen molar-refractivity contribution in [2.45, 2.75) is 9.79 Å². The third-order valence-electron chi connectivity index (χ3n) is 3.89. The van der Waals surface area contributed by atoms with Crippen molar-refractivity contribution in [2.75, 3.05) is 0 Å². The Bertz CT molecular complexity index is 1270. The van der Waals surface area contributed by atoms with Crippen molar-refractivity contribution < 1.29 is 45.4 Å². The molecule has 0 saturated carbocycles. The zero-order chi connectivity index (χ0) is 20.3. The van der Waals surface area contributed by atoms with E-state index in [1.165, 1.54) is 0 Å². The van der Waals surface area contributed by atoms with Crippen LogP contribution < -0.4 is 0 Å². The van der Waals surface area contributed by atoms with Gasteiger partial charge in [0.25, 0.3) is 20.2 Å². The molecule has 1 aliphatic rings. The van der Waals surface area contributed by atoms with Gasteiger partial charge in [-0.25, -0.2) is 4.79 Å². The number of fused-ring (bicyclic) bond motifs is 2. The summed E-state index contributed by atoms with van der Waals surface area (Å²) in [5, 5.41) is 9.02. The highest BCUT2D eigenvalue weighted by atomic mass is 32.2. The number of rotatable bonds is 3. The van der Waals surface area contributed by atoms with E-state index in [1.807, 2.05) is 0 Å². The average Bonchev–Trinajstić information content (AvgIpc) is 2.56. The summed E-state index contributed by atoms with van der Waals surface area (Å²) in [5.41, 5.74) is -3.13. The molecule has 27 heavy (non-hydrogen) atoms. The quantitative estimate of drug-likeness (QED) is 0.517. The van der Waals surface area contributed by atoms with E-state index < -0.39 is 64.3 Å². The Labute approximate surface area is 151 Å². The number of carboxylic acid groups (broad SMARTS) is 1. The Hall–Kier alpha value is -2.93. The van der Waals surface area contributed by atoms with Gasteiger partial charge in [0.05, 0.1) is 16.7 Å². The summed E-state index contributed by atoms with van der Waals surface area (Å²) in [6, 6.07) is 3.91. The molecule has 0 spiro atoms. The van der Waals surface area contributed by atoms with E-state index in [0.29, 0.717) is 12.1 Å². The molecule has 0 aliphatic heterocycles. The summed E-state index contributed by atoms with van der Waals surface area (Å²) < 4.78 is 65.0. The minimum atomic E-state index is -5.06. The molecule has 0 amide bonds. The van der Waals surface area contributed by atoms with Gasteiger partial charge in [0, 0.05) is 11.1 Å². The molecule has 12 heteroatoms. The fraction of sp³-hybridized carbons (Fsp3) is 0. The Morgan fingerprint density at radius 1 is 0.741 bits per heavy atom. The fourth-order valence-electron chi connectivity index (χ4n) is 2.78. The van der Waals surface area contributed by atoms with Gasteiger partial charge in [0.2, 0.25) is 0 Å². The van der Waals surface area contributed by atoms with Gasteiger partial charge in [-0.2, -0.15) is 16.8 Å². The third-order valence-corrected chi connectivity index (χ3v) is 5.69. The maximum Gasteiger partial charge on any atom is 0.335 e. The smallest absolute Gasteiger partial charge is 0.335 e. The number of ketones is 2. The van der Waals surface area contributed by atoms with Crippen molar-refractivity contribution in [1.82, 2.24) is 0 Å². The summed E-state index contributed by atoms with van der Waals surface area (Å²) in [6.45, 7) is 0. The number of aromatic carboxylic acids is 1. The second kappa shape index (κ2) is 5.79. The monoisotopic (exact) mass is 412 g/mol. The zero-order valence-electron chi connectivity index (χ0n) is 12.9. The highest BCUT2D eigenvalue weighted by Gasteiger charge is 2.39. The molecule has 10 nitrogen and oxygen atoms in total. The third kappa shape index (κ3) is 2.94. The summed E-state index contributed by atoms with van der Waals surface area (Å²) in [5.74, 6) is -3.75. The van der Waals surface area contributed by atoms with E-state index in [2.05, 4.69) is 0 Å². The van der Waals surface area contributed by atoms with Crippen molar-refractivity contribution in [2.24, 2.45) is 0 Å². The van der Waals surface area contributed by atoms with Gasteiger partial charge < -0.3 is 5.11 Å². The summed E-state index contributed by atoms with van der Waals surface area (Å²) >= 11 is 0. The topological polar surface area (TPSA) is 180 Å². The van der Waals surface area contributed by atoms with E-state index >= 15 is 0 Å². The second-order valence-electron chi connectivity index (χ2n) is 5.49. The Balaban J connectivity index is 2.49. The van der Waals surface area contributed by atoms with E-state index in [-0.39, 0.29) is 11.1 Å². The first kappa shape index (κ1) is 18.8. The van der Waals surface area contributed by atoms with Crippen molar-refractivity contribution >= 4 is 37.8 Å². The largest absolute Gasteiger partial charge is 0.478 e. The molecule has 0 fully saturated rings. The summed E-state index contributed by atoms with van der Waals surface area (Å²) in [7, 11) is -10.1. The highest BCUT2D eigenvalue weighted by molar-refractivity contribution is 7.86. The fourth-order valence-corrected chi connectivity index (χ4v) is 4.16. The molecule has 1 aliphatic carbocycles. The van der Waals surface area contributed by atoms with Crippen LogP contribution in [0.2, 0.25) is 0 Å². The molecular weight excluding hydrogens is 404 g/mol. The van der Waals surface area contributed by atoms with Gasteiger partial charge in [-0.1, -0.05) is 0 Å². The minimum Gasteiger partial charge on any atom is -0.478 e. The molecule has 3 rings (SSSR count). The van der Waals surface area contributed by atoms with E-state index in [4.69, 9.17) is 5.11 Å². The molecule has 0 unspecified atom stereocenters. The lowest BCUT2D eigenvalue weighted by molar-refractivity contribution is 0.0696. The molecule has 3 N–H and O–H groups in total. The van der Waals surface area contributed by atoms with Crippen LogP contribution in [0.15, 0.2) is 40.1 Å². The normalized spacial score (nSPS) is 13.9. The average molecular weight is 412 g/mol. The lowest BCUT2D eigenvalue weighted by atomic mass is 9.83. The van der Waals surface area contributed by atoms with Crippen LogP contribution in [0, 0.1) is 0 Å². The first-order valence-electron chi connectivity index (χ1n) is 6.92. The molecule has 0 bridgehead atoms. The number of hydrogen-bond donors (Lipinski definition) is 3. The van der Waals surface area contributed by atoms with Crippen LogP contribution in [0.4, 0.5) is 0 Å². The summed E-state index contributed by atoms with van der Waals surface area (Å²) in [4.78, 5) is 34.5. The van der Waals surface area contributed by atoms with Crippen LogP contribution in [0.5, 0.6) is 0 Å². The molecule has 0 heterocycles. The number of carbonyl (C=O) groups excluding carboxylic acids is 2. The standard InChI is InChI=1S/C15H8O10S2/c16-13-7-2-1-6(15(18)19)5-8(7)14(17)12-10(27(23,24)25)4-3-9(11(12)13)26(20,21)22/h1-5H,(H,18,19)(H,20,21,22)(H,23,24,25). The van der Waals surface area contributed by atoms with E-state index in [1.54, 1.807) is 0 Å². The molecular formula is C15H8O10S2. The Kier molecular flexibility index (Phi) is 4.04. The molecule has 140 valence electrons. The number of carboxylic acids is 1. The first-order valence-corrected chi connectivity index (χ1v) is 9.80. The predicted octanol–water partition coefficient (Wildman–Crippen LogP) is 0.654. The van der Waals surface area contributed by atoms with Gasteiger partial charge in [0.1, 0.15) is 9.79 Å². The molecule has 2 aromatic rings. The van der Waals surface area contributed by atoms with Gasteiger partial charge in [-0.3, -0.25) is 18.7 Å². The molecule has 0 aromatic heterocycles. The lowest BCUT2D eigenvalue weighted by Gasteiger charge is -2.21. The molecule has 0 atom stereocenters.